The summed E-state index contributed by atoms with van der Waals surface area (Å²) in [5.74, 6) is 0. The van der Waals surface area contributed by atoms with Crippen LogP contribution in [0.2, 0.25) is 0 Å². The van der Waals surface area contributed by atoms with E-state index in [1.165, 1.54) is 0 Å². The van der Waals surface area contributed by atoms with Crippen LogP contribution in [0.5, 0.6) is 0 Å². The lowest BCUT2D eigenvalue weighted by Gasteiger charge is -2.16. The molecule has 0 radical (unpaired) electrons. The minimum atomic E-state index is 0.429. The first-order valence-electron chi connectivity index (χ1n) is 12.8. The number of hydrogen-bond acceptors (Lipinski definition) is 5. The molecule has 0 saturated heterocycles. The molecule has 5 aromatic carbocycles. The number of benzene rings is 5. The second-order valence-electron chi connectivity index (χ2n) is 9.48. The smallest absolute Gasteiger partial charge is 0.108 e. The lowest BCUT2D eigenvalue weighted by Crippen LogP contribution is -2.00. The van der Waals surface area contributed by atoms with E-state index in [-0.39, 0.29) is 0 Å². The van der Waals surface area contributed by atoms with Gasteiger partial charge in [-0.1, -0.05) is 91.0 Å². The number of nitrogens with zero attached hydrogens (tertiary/aromatic N) is 5. The van der Waals surface area contributed by atoms with E-state index >= 15 is 0 Å². The van der Waals surface area contributed by atoms with Crippen molar-refractivity contribution >= 4 is 32.7 Å². The molecule has 0 unspecified atom stereocenters. The Bertz CT molecular complexity index is 2160. The van der Waals surface area contributed by atoms with E-state index in [1.807, 2.05) is 103 Å². The molecule has 0 spiro atoms. The van der Waals surface area contributed by atoms with E-state index in [9.17, 15) is 10.5 Å². The van der Waals surface area contributed by atoms with Crippen LogP contribution >= 0.6 is 0 Å². The van der Waals surface area contributed by atoms with Crippen molar-refractivity contribution < 1.29 is 0 Å². The van der Waals surface area contributed by atoms with Crippen LogP contribution in [0, 0.1) is 22.7 Å². The maximum Gasteiger partial charge on any atom is 0.108 e. The molecule has 7 rings (SSSR count). The van der Waals surface area contributed by atoms with Crippen LogP contribution < -0.4 is 0 Å². The summed E-state index contributed by atoms with van der Waals surface area (Å²) >= 11 is 0. The molecule has 0 fully saturated rings. The highest BCUT2D eigenvalue weighted by Crippen LogP contribution is 2.40. The van der Waals surface area contributed by atoms with Gasteiger partial charge in [0, 0.05) is 32.8 Å². The van der Waals surface area contributed by atoms with Crippen LogP contribution in [0.4, 0.5) is 0 Å². The fourth-order valence-electron chi connectivity index (χ4n) is 5.24. The van der Waals surface area contributed by atoms with Crippen molar-refractivity contribution in [3.63, 3.8) is 0 Å². The predicted molar refractivity (Wildman–Crippen MR) is 158 cm³/mol. The standard InChI is InChI=1S/C35H19N5/c36-20-22-15-17-25(18-16-22)31-28-19-26(21-37)34-35(30(28)27-13-7-8-14-29(27)38-31)40-33(24-11-5-2-6-12-24)32(39-34)23-9-3-1-4-10-23/h1-19H. The second kappa shape index (κ2) is 9.44. The minimum absolute atomic E-state index is 0.429. The highest BCUT2D eigenvalue weighted by atomic mass is 14.8. The molecule has 0 saturated carbocycles. The zero-order chi connectivity index (χ0) is 27.1. The van der Waals surface area contributed by atoms with Gasteiger partial charge in [0.25, 0.3) is 0 Å². The molecular weight excluding hydrogens is 490 g/mol. The Balaban J connectivity index is 1.67. The van der Waals surface area contributed by atoms with Crippen molar-refractivity contribution in [2.45, 2.75) is 0 Å². The summed E-state index contributed by atoms with van der Waals surface area (Å²) in [6.45, 7) is 0. The molecule has 40 heavy (non-hydrogen) atoms. The van der Waals surface area contributed by atoms with Crippen molar-refractivity contribution in [3.8, 4) is 45.9 Å². The molecule has 2 aromatic heterocycles. The van der Waals surface area contributed by atoms with Crippen LogP contribution in [0.15, 0.2) is 115 Å². The summed E-state index contributed by atoms with van der Waals surface area (Å²) in [5.41, 5.74) is 7.95. The largest absolute Gasteiger partial charge is 0.247 e. The van der Waals surface area contributed by atoms with Crippen LogP contribution in [-0.2, 0) is 0 Å². The van der Waals surface area contributed by atoms with Gasteiger partial charge in [-0.15, -0.1) is 0 Å². The molecule has 0 atom stereocenters. The molecule has 7 aromatic rings. The van der Waals surface area contributed by atoms with Gasteiger partial charge >= 0.3 is 0 Å². The summed E-state index contributed by atoms with van der Waals surface area (Å²) < 4.78 is 0. The first-order valence-corrected chi connectivity index (χ1v) is 12.8. The molecule has 0 amide bonds. The summed E-state index contributed by atoms with van der Waals surface area (Å²) in [7, 11) is 0. The molecular formula is C35H19N5. The Morgan fingerprint density at radius 2 is 1.05 bits per heavy atom. The third-order valence-electron chi connectivity index (χ3n) is 7.11. The molecule has 0 N–H and O–H groups in total. The van der Waals surface area contributed by atoms with Gasteiger partial charge in [0.05, 0.1) is 45.3 Å². The van der Waals surface area contributed by atoms with Gasteiger partial charge in [0.15, 0.2) is 0 Å². The van der Waals surface area contributed by atoms with E-state index in [2.05, 4.69) is 12.1 Å². The summed E-state index contributed by atoms with van der Waals surface area (Å²) in [6, 6.07) is 41.7. The lowest BCUT2D eigenvalue weighted by molar-refractivity contribution is 1.29. The summed E-state index contributed by atoms with van der Waals surface area (Å²) in [4.78, 5) is 15.4. The van der Waals surface area contributed by atoms with Crippen molar-refractivity contribution in [3.05, 3.63) is 126 Å². The number of pyridine rings is 1. The van der Waals surface area contributed by atoms with Crippen molar-refractivity contribution in [2.75, 3.05) is 0 Å². The Morgan fingerprint density at radius 3 is 1.68 bits per heavy atom. The van der Waals surface area contributed by atoms with Crippen LogP contribution in [0.1, 0.15) is 11.1 Å². The van der Waals surface area contributed by atoms with Crippen molar-refractivity contribution in [1.82, 2.24) is 15.0 Å². The van der Waals surface area contributed by atoms with E-state index in [4.69, 9.17) is 15.0 Å². The van der Waals surface area contributed by atoms with Crippen LogP contribution in [0.3, 0.4) is 0 Å². The van der Waals surface area contributed by atoms with Gasteiger partial charge in [0.1, 0.15) is 11.6 Å². The number of rotatable bonds is 3. The number of hydrogen-bond donors (Lipinski definition) is 0. The SMILES string of the molecule is N#Cc1ccc(-c2nc3ccccc3c3c2cc(C#N)c2nc(-c4ccccc4)c(-c4ccccc4)nc23)cc1. The van der Waals surface area contributed by atoms with Gasteiger partial charge in [-0.2, -0.15) is 10.5 Å². The molecule has 2 heterocycles. The topological polar surface area (TPSA) is 86.2 Å². The molecule has 184 valence electrons. The highest BCUT2D eigenvalue weighted by Gasteiger charge is 2.21. The molecule has 0 aliphatic carbocycles. The first kappa shape index (κ1) is 23.2. The quantitative estimate of drug-likeness (QED) is 0.225. The zero-order valence-corrected chi connectivity index (χ0v) is 21.2. The summed E-state index contributed by atoms with van der Waals surface area (Å²) in [6.07, 6.45) is 0. The summed E-state index contributed by atoms with van der Waals surface area (Å²) in [5, 5.41) is 22.3. The highest BCUT2D eigenvalue weighted by molar-refractivity contribution is 6.22. The molecule has 5 heteroatoms. The number of nitriles is 2. The van der Waals surface area contributed by atoms with Gasteiger partial charge in [0.2, 0.25) is 0 Å². The average molecular weight is 510 g/mol. The maximum absolute atomic E-state index is 10.3. The van der Waals surface area contributed by atoms with E-state index in [0.717, 1.165) is 55.4 Å². The molecule has 0 aliphatic rings. The predicted octanol–water partition coefficient (Wildman–Crippen LogP) is 8.08. The number of aromatic nitrogens is 3. The van der Waals surface area contributed by atoms with Crippen LogP contribution in [-0.4, -0.2) is 15.0 Å². The van der Waals surface area contributed by atoms with Gasteiger partial charge < -0.3 is 0 Å². The molecule has 0 aliphatic heterocycles. The van der Waals surface area contributed by atoms with Gasteiger partial charge in [-0.05, 0) is 24.3 Å². The Labute approximate surface area is 230 Å². The van der Waals surface area contributed by atoms with Gasteiger partial charge in [-0.25, -0.2) is 15.0 Å². The Kier molecular flexibility index (Phi) is 5.48. The lowest BCUT2D eigenvalue weighted by atomic mass is 9.95. The monoisotopic (exact) mass is 509 g/mol. The second-order valence-corrected chi connectivity index (χ2v) is 9.48. The zero-order valence-electron chi connectivity index (χ0n) is 21.2. The maximum atomic E-state index is 10.3. The fraction of sp³-hybridized carbons (Fsp3) is 0. The normalized spacial score (nSPS) is 10.9. The Hall–Kier alpha value is -5.91. The third kappa shape index (κ3) is 3.74. The number of para-hydroxylation sites is 1. The van der Waals surface area contributed by atoms with Crippen molar-refractivity contribution in [2.24, 2.45) is 0 Å². The third-order valence-corrected chi connectivity index (χ3v) is 7.11. The fourth-order valence-corrected chi connectivity index (χ4v) is 5.24. The minimum Gasteiger partial charge on any atom is -0.247 e. The van der Waals surface area contributed by atoms with Gasteiger partial charge in [-0.3, -0.25) is 0 Å². The number of fused-ring (bicyclic) bond motifs is 5. The van der Waals surface area contributed by atoms with Crippen LogP contribution in [0.25, 0.3) is 66.5 Å². The Morgan fingerprint density at radius 1 is 0.475 bits per heavy atom. The molecule has 0 bridgehead atoms. The first-order chi connectivity index (χ1) is 19.7. The van der Waals surface area contributed by atoms with E-state index in [0.29, 0.717) is 22.2 Å². The van der Waals surface area contributed by atoms with E-state index < -0.39 is 0 Å². The molecule has 5 nitrogen and oxygen atoms in total. The van der Waals surface area contributed by atoms with E-state index in [1.54, 1.807) is 12.1 Å². The average Bonchev–Trinajstić information content (AvgIpc) is 3.04. The van der Waals surface area contributed by atoms with Crippen molar-refractivity contribution in [1.29, 1.82) is 10.5 Å².